The summed E-state index contributed by atoms with van der Waals surface area (Å²) in [6, 6.07) is 28.8. The first-order chi connectivity index (χ1) is 20.2. The van der Waals surface area contributed by atoms with Crippen molar-refractivity contribution in [2.75, 3.05) is 10.6 Å². The van der Waals surface area contributed by atoms with Crippen LogP contribution in [0.3, 0.4) is 0 Å². The van der Waals surface area contributed by atoms with E-state index in [4.69, 9.17) is 0 Å². The van der Waals surface area contributed by atoms with Crippen molar-refractivity contribution in [1.29, 1.82) is 0 Å². The molecule has 4 aromatic rings. The van der Waals surface area contributed by atoms with Gasteiger partial charge in [0.25, 0.3) is 17.5 Å². The van der Waals surface area contributed by atoms with E-state index in [1.54, 1.807) is 61.5 Å². The third-order valence-corrected chi connectivity index (χ3v) is 7.13. The van der Waals surface area contributed by atoms with Crippen molar-refractivity contribution in [2.45, 2.75) is 24.0 Å². The lowest BCUT2D eigenvalue weighted by Crippen LogP contribution is -2.30. The SMILES string of the molecule is Cc1ccc(/C=C(\NC(=O)c2ccccc2)C(=O)Nc2cccc(SC(C)C(=O)Nc3ccc([N+](=O)[O-])cc3)c2)cc1. The maximum absolute atomic E-state index is 13.4. The number of nitrogens with one attached hydrogen (secondary N) is 3. The molecule has 212 valence electrons. The van der Waals surface area contributed by atoms with Gasteiger partial charge in [-0.1, -0.05) is 54.1 Å². The fraction of sp³-hybridized carbons (Fsp3) is 0.0938. The van der Waals surface area contributed by atoms with Crippen LogP contribution in [0.5, 0.6) is 0 Å². The zero-order valence-corrected chi connectivity index (χ0v) is 23.7. The lowest BCUT2D eigenvalue weighted by atomic mass is 10.1. The molecular weight excluding hydrogens is 552 g/mol. The average Bonchev–Trinajstić information content (AvgIpc) is 2.98. The van der Waals surface area contributed by atoms with Crippen molar-refractivity contribution in [3.05, 3.63) is 136 Å². The van der Waals surface area contributed by atoms with Crippen molar-refractivity contribution < 1.29 is 19.3 Å². The number of nitrogens with zero attached hydrogens (tertiary/aromatic N) is 1. The molecule has 0 fully saturated rings. The second kappa shape index (κ2) is 13.9. The van der Waals surface area contributed by atoms with E-state index in [0.29, 0.717) is 16.9 Å². The first-order valence-corrected chi connectivity index (χ1v) is 13.8. The minimum Gasteiger partial charge on any atom is -0.325 e. The maximum atomic E-state index is 13.4. The summed E-state index contributed by atoms with van der Waals surface area (Å²) < 4.78 is 0. The molecular formula is C32H28N4O5S. The second-order valence-corrected chi connectivity index (χ2v) is 10.7. The Kier molecular flexibility index (Phi) is 9.85. The van der Waals surface area contributed by atoms with Crippen molar-refractivity contribution >= 4 is 52.6 Å². The Balaban J connectivity index is 1.45. The molecule has 0 aromatic heterocycles. The van der Waals surface area contributed by atoms with Crippen LogP contribution in [-0.2, 0) is 9.59 Å². The van der Waals surface area contributed by atoms with Gasteiger partial charge in [0, 0.05) is 34.0 Å². The van der Waals surface area contributed by atoms with Crippen LogP contribution < -0.4 is 16.0 Å². The number of hydrogen-bond acceptors (Lipinski definition) is 6. The second-order valence-electron chi connectivity index (χ2n) is 9.32. The Labute approximate surface area is 247 Å². The predicted molar refractivity (Wildman–Crippen MR) is 165 cm³/mol. The van der Waals surface area contributed by atoms with E-state index in [1.165, 1.54) is 36.0 Å². The number of aryl methyl sites for hydroxylation is 1. The number of carbonyl (C=O) groups is 3. The molecule has 3 N–H and O–H groups in total. The molecule has 0 radical (unpaired) electrons. The van der Waals surface area contributed by atoms with Crippen LogP contribution in [0.25, 0.3) is 6.08 Å². The molecule has 0 bridgehead atoms. The van der Waals surface area contributed by atoms with Gasteiger partial charge in [0.15, 0.2) is 0 Å². The number of rotatable bonds is 10. The number of nitro groups is 1. The molecule has 9 nitrogen and oxygen atoms in total. The largest absolute Gasteiger partial charge is 0.325 e. The summed E-state index contributed by atoms with van der Waals surface area (Å²) in [5, 5.41) is 18.6. The molecule has 0 aliphatic heterocycles. The van der Waals surface area contributed by atoms with Crippen molar-refractivity contribution in [3.63, 3.8) is 0 Å². The highest BCUT2D eigenvalue weighted by atomic mass is 32.2. The van der Waals surface area contributed by atoms with Crippen molar-refractivity contribution in [1.82, 2.24) is 5.32 Å². The number of benzene rings is 4. The third kappa shape index (κ3) is 8.39. The van der Waals surface area contributed by atoms with E-state index in [9.17, 15) is 24.5 Å². The summed E-state index contributed by atoms with van der Waals surface area (Å²) >= 11 is 1.28. The molecule has 1 unspecified atom stereocenters. The Morgan fingerprint density at radius 1 is 0.833 bits per heavy atom. The van der Waals surface area contributed by atoms with E-state index < -0.39 is 22.0 Å². The Bertz CT molecular complexity index is 1620. The van der Waals surface area contributed by atoms with E-state index >= 15 is 0 Å². The molecule has 0 heterocycles. The standard InChI is InChI=1S/C32H28N4O5S/c1-21-11-13-23(14-12-21)19-29(35-31(38)24-7-4-3-5-8-24)32(39)34-26-9-6-10-28(20-26)42-22(2)30(37)33-25-15-17-27(18-16-25)36(40)41/h3-20,22H,1-2H3,(H,33,37)(H,34,39)(H,35,38)/b29-19-. The summed E-state index contributed by atoms with van der Waals surface area (Å²) in [5.74, 6) is -1.21. The summed E-state index contributed by atoms with van der Waals surface area (Å²) in [5.41, 5.74) is 3.17. The van der Waals surface area contributed by atoms with E-state index in [2.05, 4.69) is 16.0 Å². The number of nitro benzene ring substituents is 1. The van der Waals surface area contributed by atoms with Crippen LogP contribution in [0.15, 0.2) is 114 Å². The molecule has 42 heavy (non-hydrogen) atoms. The minimum absolute atomic E-state index is 0.0641. The summed E-state index contributed by atoms with van der Waals surface area (Å²) in [4.78, 5) is 50.0. The monoisotopic (exact) mass is 580 g/mol. The lowest BCUT2D eigenvalue weighted by molar-refractivity contribution is -0.384. The van der Waals surface area contributed by atoms with Gasteiger partial charge in [0.05, 0.1) is 10.2 Å². The Hall–Kier alpha value is -5.22. The van der Waals surface area contributed by atoms with Crippen molar-refractivity contribution in [2.24, 2.45) is 0 Å². The lowest BCUT2D eigenvalue weighted by Gasteiger charge is -2.14. The first kappa shape index (κ1) is 29.8. The van der Waals surface area contributed by atoms with Crippen LogP contribution in [0, 0.1) is 17.0 Å². The summed E-state index contributed by atoms with van der Waals surface area (Å²) in [7, 11) is 0. The molecule has 0 aliphatic carbocycles. The van der Waals surface area contributed by atoms with Crippen LogP contribution in [0.2, 0.25) is 0 Å². The van der Waals surface area contributed by atoms with Gasteiger partial charge in [-0.25, -0.2) is 0 Å². The quantitative estimate of drug-likeness (QED) is 0.0857. The average molecular weight is 581 g/mol. The van der Waals surface area contributed by atoms with Crippen LogP contribution in [-0.4, -0.2) is 27.9 Å². The molecule has 10 heteroatoms. The van der Waals surface area contributed by atoms with Gasteiger partial charge in [-0.05, 0) is 68.0 Å². The minimum atomic E-state index is -0.508. The molecule has 4 rings (SSSR count). The fourth-order valence-corrected chi connectivity index (χ4v) is 4.71. The normalized spacial score (nSPS) is 11.7. The zero-order chi connectivity index (χ0) is 30.1. The van der Waals surface area contributed by atoms with Gasteiger partial charge in [-0.15, -0.1) is 11.8 Å². The third-order valence-electron chi connectivity index (χ3n) is 6.04. The maximum Gasteiger partial charge on any atom is 0.272 e. The molecule has 1 atom stereocenters. The fourth-order valence-electron chi connectivity index (χ4n) is 3.79. The van der Waals surface area contributed by atoms with Gasteiger partial charge >= 0.3 is 0 Å². The summed E-state index contributed by atoms with van der Waals surface area (Å²) in [6.07, 6.45) is 1.61. The highest BCUT2D eigenvalue weighted by Gasteiger charge is 2.18. The first-order valence-electron chi connectivity index (χ1n) is 13.0. The Morgan fingerprint density at radius 3 is 2.19 bits per heavy atom. The molecule has 0 spiro atoms. The number of carbonyl (C=O) groups excluding carboxylic acids is 3. The smallest absolute Gasteiger partial charge is 0.272 e. The highest BCUT2D eigenvalue weighted by molar-refractivity contribution is 8.00. The Morgan fingerprint density at radius 2 is 1.52 bits per heavy atom. The summed E-state index contributed by atoms with van der Waals surface area (Å²) in [6.45, 7) is 3.70. The van der Waals surface area contributed by atoms with Gasteiger partial charge in [0.2, 0.25) is 5.91 Å². The van der Waals surface area contributed by atoms with Crippen LogP contribution in [0.1, 0.15) is 28.4 Å². The van der Waals surface area contributed by atoms with E-state index in [0.717, 1.165) is 16.0 Å². The number of hydrogen-bond donors (Lipinski definition) is 3. The van der Waals surface area contributed by atoms with Crippen molar-refractivity contribution in [3.8, 4) is 0 Å². The number of non-ortho nitro benzene ring substituents is 1. The van der Waals surface area contributed by atoms with Crippen LogP contribution in [0.4, 0.5) is 17.1 Å². The number of anilines is 2. The highest BCUT2D eigenvalue weighted by Crippen LogP contribution is 2.27. The van der Waals surface area contributed by atoms with E-state index in [1.807, 2.05) is 37.3 Å². The number of amides is 3. The van der Waals surface area contributed by atoms with Gasteiger partial charge in [-0.3, -0.25) is 24.5 Å². The van der Waals surface area contributed by atoms with Gasteiger partial charge in [-0.2, -0.15) is 0 Å². The molecule has 0 saturated carbocycles. The van der Waals surface area contributed by atoms with Gasteiger partial charge < -0.3 is 16.0 Å². The molecule has 0 aliphatic rings. The topological polar surface area (TPSA) is 130 Å². The van der Waals surface area contributed by atoms with Gasteiger partial charge in [0.1, 0.15) is 5.70 Å². The van der Waals surface area contributed by atoms with Crippen LogP contribution >= 0.6 is 11.8 Å². The number of thioether (sulfide) groups is 1. The van der Waals surface area contributed by atoms with E-state index in [-0.39, 0.29) is 17.3 Å². The molecule has 0 saturated heterocycles. The molecule has 3 amide bonds. The zero-order valence-electron chi connectivity index (χ0n) is 22.9. The molecule has 4 aromatic carbocycles. The predicted octanol–water partition coefficient (Wildman–Crippen LogP) is 6.43.